The highest BCUT2D eigenvalue weighted by Crippen LogP contribution is 2.34. The number of aromatic nitrogens is 3. The number of hydrogen-bond donors (Lipinski definition) is 1. The van der Waals surface area contributed by atoms with E-state index < -0.39 is 11.7 Å². The number of anilines is 2. The van der Waals surface area contributed by atoms with Crippen LogP contribution in [0, 0.1) is 0 Å². The van der Waals surface area contributed by atoms with E-state index in [0.717, 1.165) is 12.1 Å². The Morgan fingerprint density at radius 2 is 1.70 bits per heavy atom. The van der Waals surface area contributed by atoms with Gasteiger partial charge in [-0.2, -0.15) is 18.2 Å². The Balaban J connectivity index is 2.39. The zero-order valence-electron chi connectivity index (χ0n) is 9.34. The minimum atomic E-state index is -4.52. The number of rotatable bonds is 2. The zero-order chi connectivity index (χ0) is 14.9. The van der Waals surface area contributed by atoms with Crippen molar-refractivity contribution < 1.29 is 13.2 Å². The summed E-state index contributed by atoms with van der Waals surface area (Å²) in [4.78, 5) is 3.71. The summed E-state index contributed by atoms with van der Waals surface area (Å²) in [5, 5.41) is 8.98. The third-order valence-corrected chi connectivity index (χ3v) is 2.74. The van der Waals surface area contributed by atoms with Gasteiger partial charge in [-0.3, -0.25) is 0 Å². The smallest absolute Gasteiger partial charge is 0.337 e. The SMILES string of the molecule is FC(F)(F)c1cc(Cl)cc(Nc2nc(Cl)nnc2Cl)c1. The van der Waals surface area contributed by atoms with Crippen LogP contribution in [0.4, 0.5) is 24.7 Å². The van der Waals surface area contributed by atoms with Crippen LogP contribution in [-0.4, -0.2) is 15.2 Å². The summed E-state index contributed by atoms with van der Waals surface area (Å²) >= 11 is 16.9. The van der Waals surface area contributed by atoms with E-state index in [4.69, 9.17) is 34.8 Å². The van der Waals surface area contributed by atoms with Crippen molar-refractivity contribution in [3.63, 3.8) is 0 Å². The van der Waals surface area contributed by atoms with Crippen LogP contribution in [0.3, 0.4) is 0 Å². The van der Waals surface area contributed by atoms with Gasteiger partial charge < -0.3 is 5.32 Å². The van der Waals surface area contributed by atoms with Gasteiger partial charge in [0.15, 0.2) is 11.0 Å². The highest BCUT2D eigenvalue weighted by molar-refractivity contribution is 6.32. The minimum Gasteiger partial charge on any atom is -0.337 e. The van der Waals surface area contributed by atoms with Gasteiger partial charge in [-0.05, 0) is 29.8 Å². The number of hydrogen-bond acceptors (Lipinski definition) is 4. The van der Waals surface area contributed by atoms with E-state index in [0.29, 0.717) is 0 Å². The van der Waals surface area contributed by atoms with Crippen LogP contribution in [0.25, 0.3) is 0 Å². The molecule has 106 valence electrons. The van der Waals surface area contributed by atoms with Gasteiger partial charge >= 0.3 is 6.18 Å². The average Bonchev–Trinajstić information content (AvgIpc) is 2.32. The molecule has 0 spiro atoms. The minimum absolute atomic E-state index is 0.0259. The molecule has 0 aliphatic heterocycles. The Bertz CT molecular complexity index is 648. The fraction of sp³-hybridized carbons (Fsp3) is 0.100. The molecule has 10 heteroatoms. The summed E-state index contributed by atoms with van der Waals surface area (Å²) in [6.45, 7) is 0. The first-order chi connectivity index (χ1) is 9.25. The summed E-state index contributed by atoms with van der Waals surface area (Å²) < 4.78 is 38.0. The molecule has 0 unspecified atom stereocenters. The summed E-state index contributed by atoms with van der Waals surface area (Å²) in [6, 6.07) is 2.95. The van der Waals surface area contributed by atoms with Crippen molar-refractivity contribution in [3.8, 4) is 0 Å². The van der Waals surface area contributed by atoms with Crippen LogP contribution < -0.4 is 5.32 Å². The second kappa shape index (κ2) is 5.59. The quantitative estimate of drug-likeness (QED) is 0.866. The van der Waals surface area contributed by atoms with Crippen molar-refractivity contribution in [1.29, 1.82) is 0 Å². The Morgan fingerprint density at radius 3 is 2.35 bits per heavy atom. The number of halogens is 6. The van der Waals surface area contributed by atoms with Gasteiger partial charge in [0.1, 0.15) is 0 Å². The van der Waals surface area contributed by atoms with E-state index in [1.807, 2.05) is 0 Å². The van der Waals surface area contributed by atoms with E-state index in [9.17, 15) is 13.2 Å². The van der Waals surface area contributed by atoms with Gasteiger partial charge in [-0.25, -0.2) is 0 Å². The third kappa shape index (κ3) is 3.62. The van der Waals surface area contributed by atoms with Gasteiger partial charge in [0.25, 0.3) is 0 Å². The molecule has 1 N–H and O–H groups in total. The van der Waals surface area contributed by atoms with Crippen molar-refractivity contribution in [3.05, 3.63) is 39.2 Å². The Kier molecular flexibility index (Phi) is 4.22. The molecule has 0 amide bonds. The molecule has 0 radical (unpaired) electrons. The number of nitrogens with zero attached hydrogens (tertiary/aromatic N) is 3. The predicted molar refractivity (Wildman–Crippen MR) is 69.6 cm³/mol. The lowest BCUT2D eigenvalue weighted by molar-refractivity contribution is -0.137. The number of nitrogens with one attached hydrogen (secondary N) is 1. The lowest BCUT2D eigenvalue weighted by atomic mass is 10.2. The highest BCUT2D eigenvalue weighted by atomic mass is 35.5. The molecule has 2 rings (SSSR count). The molecule has 0 fully saturated rings. The van der Waals surface area contributed by atoms with Gasteiger partial charge in [0, 0.05) is 10.7 Å². The fourth-order valence-corrected chi connectivity index (χ4v) is 1.82. The molecule has 20 heavy (non-hydrogen) atoms. The van der Waals surface area contributed by atoms with Crippen molar-refractivity contribution in [1.82, 2.24) is 15.2 Å². The molecule has 0 aliphatic rings. The maximum absolute atomic E-state index is 12.7. The maximum atomic E-state index is 12.7. The first-order valence-electron chi connectivity index (χ1n) is 4.96. The Labute approximate surface area is 125 Å². The molecule has 4 nitrogen and oxygen atoms in total. The molecule has 0 bridgehead atoms. The zero-order valence-corrected chi connectivity index (χ0v) is 11.6. The van der Waals surface area contributed by atoms with Crippen LogP contribution in [0.15, 0.2) is 18.2 Å². The third-order valence-electron chi connectivity index (χ3n) is 2.11. The van der Waals surface area contributed by atoms with E-state index in [2.05, 4.69) is 20.5 Å². The molecule has 2 aromatic rings. The Morgan fingerprint density at radius 1 is 1.00 bits per heavy atom. The first-order valence-corrected chi connectivity index (χ1v) is 6.09. The average molecular weight is 344 g/mol. The van der Waals surface area contributed by atoms with Crippen LogP contribution in [0.2, 0.25) is 15.5 Å². The van der Waals surface area contributed by atoms with Crippen molar-refractivity contribution in [2.45, 2.75) is 6.18 Å². The van der Waals surface area contributed by atoms with E-state index in [-0.39, 0.29) is 27.0 Å². The number of alkyl halides is 3. The predicted octanol–water partition coefficient (Wildman–Crippen LogP) is 4.59. The molecular formula is C10H4Cl3F3N4. The monoisotopic (exact) mass is 342 g/mol. The summed E-state index contributed by atoms with van der Waals surface area (Å²) in [7, 11) is 0. The van der Waals surface area contributed by atoms with Crippen molar-refractivity contribution in [2.24, 2.45) is 0 Å². The van der Waals surface area contributed by atoms with E-state index in [1.54, 1.807) is 0 Å². The van der Waals surface area contributed by atoms with Crippen LogP contribution in [-0.2, 0) is 6.18 Å². The molecule has 0 saturated carbocycles. The summed E-state index contributed by atoms with van der Waals surface area (Å²) in [6.07, 6.45) is -4.52. The molecule has 0 saturated heterocycles. The molecular weight excluding hydrogens is 339 g/mol. The maximum Gasteiger partial charge on any atom is 0.416 e. The van der Waals surface area contributed by atoms with Gasteiger partial charge in [-0.15, -0.1) is 10.2 Å². The summed E-state index contributed by atoms with van der Waals surface area (Å²) in [5.74, 6) is -0.0259. The molecule has 1 aromatic carbocycles. The second-order valence-corrected chi connectivity index (χ2v) is 4.70. The topological polar surface area (TPSA) is 50.7 Å². The van der Waals surface area contributed by atoms with Gasteiger partial charge in [0.05, 0.1) is 5.56 Å². The van der Waals surface area contributed by atoms with Crippen LogP contribution in [0.1, 0.15) is 5.56 Å². The molecule has 1 aromatic heterocycles. The fourth-order valence-electron chi connectivity index (χ4n) is 1.33. The van der Waals surface area contributed by atoms with Gasteiger partial charge in [-0.1, -0.05) is 23.2 Å². The standard InChI is InChI=1S/C10H4Cl3F3N4/c11-5-1-4(10(14,15)16)2-6(3-5)17-8-7(12)19-20-9(13)18-8/h1-3H,(H,17,18,20). The van der Waals surface area contributed by atoms with Crippen LogP contribution in [0.5, 0.6) is 0 Å². The lowest BCUT2D eigenvalue weighted by Gasteiger charge is -2.11. The van der Waals surface area contributed by atoms with Crippen molar-refractivity contribution in [2.75, 3.05) is 5.32 Å². The largest absolute Gasteiger partial charge is 0.416 e. The normalized spacial score (nSPS) is 11.5. The van der Waals surface area contributed by atoms with E-state index >= 15 is 0 Å². The molecule has 1 heterocycles. The van der Waals surface area contributed by atoms with Crippen molar-refractivity contribution >= 4 is 46.3 Å². The molecule has 0 atom stereocenters. The second-order valence-electron chi connectivity index (χ2n) is 3.57. The Hall–Kier alpha value is -1.31. The van der Waals surface area contributed by atoms with E-state index in [1.165, 1.54) is 6.07 Å². The highest BCUT2D eigenvalue weighted by Gasteiger charge is 2.31. The molecule has 0 aliphatic carbocycles. The summed E-state index contributed by atoms with van der Waals surface area (Å²) in [5.41, 5.74) is -0.861. The van der Waals surface area contributed by atoms with Crippen LogP contribution >= 0.6 is 34.8 Å². The first kappa shape index (κ1) is 15.1. The van der Waals surface area contributed by atoms with Gasteiger partial charge in [0.2, 0.25) is 5.28 Å². The lowest BCUT2D eigenvalue weighted by Crippen LogP contribution is -2.06. The number of benzene rings is 1.